The van der Waals surface area contributed by atoms with Gasteiger partial charge >= 0.3 is 0 Å². The zero-order valence-corrected chi connectivity index (χ0v) is 14.0. The van der Waals surface area contributed by atoms with E-state index >= 15 is 0 Å². The molecule has 24 heavy (non-hydrogen) atoms. The summed E-state index contributed by atoms with van der Waals surface area (Å²) in [6, 6.07) is 12.1. The van der Waals surface area contributed by atoms with Gasteiger partial charge in [-0.3, -0.25) is 4.79 Å². The zero-order chi connectivity index (χ0) is 17.3. The Morgan fingerprint density at radius 3 is 2.58 bits per heavy atom. The number of fused-ring (bicyclic) bond motifs is 1. The molecule has 2 unspecified atom stereocenters. The van der Waals surface area contributed by atoms with Gasteiger partial charge in [-0.1, -0.05) is 0 Å². The highest BCUT2D eigenvalue weighted by Crippen LogP contribution is 2.40. The molecule has 2 aromatic rings. The van der Waals surface area contributed by atoms with Gasteiger partial charge in [0.2, 0.25) is 5.91 Å². The maximum Gasteiger partial charge on any atom is 0.224 e. The van der Waals surface area contributed by atoms with E-state index in [1.165, 1.54) is 12.1 Å². The molecule has 0 aliphatic carbocycles. The van der Waals surface area contributed by atoms with Crippen molar-refractivity contribution in [1.29, 1.82) is 0 Å². The SMILES string of the molecule is COc1ccc2c(c1)C(Nc1ccc(F)cc1)CC(C)N2C(C)=O. The van der Waals surface area contributed by atoms with Crippen molar-refractivity contribution in [1.82, 2.24) is 0 Å². The van der Waals surface area contributed by atoms with Gasteiger partial charge in [0.25, 0.3) is 0 Å². The van der Waals surface area contributed by atoms with E-state index in [0.717, 1.165) is 29.1 Å². The maximum absolute atomic E-state index is 13.1. The van der Waals surface area contributed by atoms with E-state index in [4.69, 9.17) is 4.74 Å². The first-order valence-corrected chi connectivity index (χ1v) is 7.99. The van der Waals surface area contributed by atoms with Crippen LogP contribution in [0.2, 0.25) is 0 Å². The Morgan fingerprint density at radius 2 is 1.96 bits per heavy atom. The summed E-state index contributed by atoms with van der Waals surface area (Å²) in [5.74, 6) is 0.509. The fourth-order valence-electron chi connectivity index (χ4n) is 3.33. The van der Waals surface area contributed by atoms with Crippen LogP contribution < -0.4 is 15.0 Å². The number of nitrogens with one attached hydrogen (secondary N) is 1. The van der Waals surface area contributed by atoms with Crippen LogP contribution in [0.5, 0.6) is 5.75 Å². The molecule has 1 aliphatic heterocycles. The van der Waals surface area contributed by atoms with Crippen LogP contribution in [0, 0.1) is 5.82 Å². The summed E-state index contributed by atoms with van der Waals surface area (Å²) in [4.78, 5) is 13.9. The van der Waals surface area contributed by atoms with Crippen molar-refractivity contribution in [3.8, 4) is 5.75 Å². The molecule has 3 rings (SSSR count). The number of hydrogen-bond acceptors (Lipinski definition) is 3. The lowest BCUT2D eigenvalue weighted by Gasteiger charge is -2.39. The van der Waals surface area contributed by atoms with Crippen LogP contribution in [0.4, 0.5) is 15.8 Å². The molecular weight excluding hydrogens is 307 g/mol. The summed E-state index contributed by atoms with van der Waals surface area (Å²) in [5, 5.41) is 3.45. The van der Waals surface area contributed by atoms with Crippen LogP contribution in [-0.4, -0.2) is 19.1 Å². The molecule has 0 spiro atoms. The lowest BCUT2D eigenvalue weighted by Crippen LogP contribution is -2.43. The molecule has 0 fully saturated rings. The van der Waals surface area contributed by atoms with Crippen molar-refractivity contribution in [3.63, 3.8) is 0 Å². The van der Waals surface area contributed by atoms with Crippen molar-refractivity contribution < 1.29 is 13.9 Å². The number of ether oxygens (including phenoxy) is 1. The molecule has 1 heterocycles. The first kappa shape index (κ1) is 16.3. The topological polar surface area (TPSA) is 41.6 Å². The summed E-state index contributed by atoms with van der Waals surface area (Å²) in [6.45, 7) is 3.62. The number of carbonyl (C=O) groups excluding carboxylic acids is 1. The molecule has 2 atom stereocenters. The molecule has 5 heteroatoms. The minimum absolute atomic E-state index is 0.0196. The van der Waals surface area contributed by atoms with Gasteiger partial charge in [0, 0.05) is 29.9 Å². The van der Waals surface area contributed by atoms with Crippen molar-refractivity contribution in [2.45, 2.75) is 32.4 Å². The third-order valence-electron chi connectivity index (χ3n) is 4.41. The average Bonchev–Trinajstić information content (AvgIpc) is 2.56. The first-order chi connectivity index (χ1) is 11.5. The number of carbonyl (C=O) groups is 1. The Bertz CT molecular complexity index is 746. The smallest absolute Gasteiger partial charge is 0.224 e. The van der Waals surface area contributed by atoms with E-state index in [2.05, 4.69) is 5.32 Å². The van der Waals surface area contributed by atoms with E-state index < -0.39 is 0 Å². The van der Waals surface area contributed by atoms with Gasteiger partial charge in [0.15, 0.2) is 0 Å². The van der Waals surface area contributed by atoms with Crippen LogP contribution in [0.1, 0.15) is 31.9 Å². The van der Waals surface area contributed by atoms with E-state index in [1.54, 1.807) is 26.2 Å². The highest BCUT2D eigenvalue weighted by atomic mass is 19.1. The predicted molar refractivity (Wildman–Crippen MR) is 93.0 cm³/mol. The van der Waals surface area contributed by atoms with Crippen LogP contribution in [-0.2, 0) is 4.79 Å². The minimum atomic E-state index is -0.262. The Morgan fingerprint density at radius 1 is 1.25 bits per heavy atom. The number of methoxy groups -OCH3 is 1. The Hall–Kier alpha value is -2.56. The summed E-state index contributed by atoms with van der Waals surface area (Å²) in [5.41, 5.74) is 2.74. The lowest BCUT2D eigenvalue weighted by molar-refractivity contribution is -0.117. The largest absolute Gasteiger partial charge is 0.497 e. The monoisotopic (exact) mass is 328 g/mol. The molecule has 126 valence electrons. The van der Waals surface area contributed by atoms with Crippen molar-refractivity contribution in [3.05, 3.63) is 53.8 Å². The maximum atomic E-state index is 13.1. The van der Waals surface area contributed by atoms with E-state index in [1.807, 2.05) is 30.0 Å². The van der Waals surface area contributed by atoms with Crippen LogP contribution >= 0.6 is 0 Å². The molecule has 2 aromatic carbocycles. The normalized spacial score (nSPS) is 19.6. The standard InChI is InChI=1S/C19H21FN2O2/c1-12-10-18(21-15-6-4-14(20)5-7-15)17-11-16(24-3)8-9-19(17)22(12)13(2)23/h4-9,11-12,18,21H,10H2,1-3H3. The summed E-state index contributed by atoms with van der Waals surface area (Å²) in [7, 11) is 1.62. The number of benzene rings is 2. The zero-order valence-electron chi connectivity index (χ0n) is 14.0. The van der Waals surface area contributed by atoms with Crippen LogP contribution in [0.15, 0.2) is 42.5 Å². The molecule has 0 radical (unpaired) electrons. The second-order valence-corrected chi connectivity index (χ2v) is 6.10. The molecular formula is C19H21FN2O2. The number of rotatable bonds is 3. The van der Waals surface area contributed by atoms with E-state index in [9.17, 15) is 9.18 Å². The summed E-state index contributed by atoms with van der Waals surface area (Å²) < 4.78 is 18.5. The second-order valence-electron chi connectivity index (χ2n) is 6.10. The van der Waals surface area contributed by atoms with E-state index in [-0.39, 0.29) is 23.8 Å². The number of hydrogen-bond donors (Lipinski definition) is 1. The van der Waals surface area contributed by atoms with Crippen molar-refractivity contribution in [2.24, 2.45) is 0 Å². The Balaban J connectivity index is 1.99. The molecule has 1 amide bonds. The average molecular weight is 328 g/mol. The molecule has 0 saturated carbocycles. The minimum Gasteiger partial charge on any atom is -0.497 e. The van der Waals surface area contributed by atoms with Gasteiger partial charge in [-0.25, -0.2) is 4.39 Å². The molecule has 0 aromatic heterocycles. The highest BCUT2D eigenvalue weighted by Gasteiger charge is 2.32. The second kappa shape index (κ2) is 6.51. The van der Waals surface area contributed by atoms with Crippen LogP contribution in [0.25, 0.3) is 0 Å². The highest BCUT2D eigenvalue weighted by molar-refractivity contribution is 5.94. The van der Waals surface area contributed by atoms with Gasteiger partial charge in [-0.05, 0) is 55.8 Å². The molecule has 0 saturated heterocycles. The Labute approximate surface area is 141 Å². The van der Waals surface area contributed by atoms with Crippen LogP contribution in [0.3, 0.4) is 0 Å². The third-order valence-corrected chi connectivity index (χ3v) is 4.41. The molecule has 0 bridgehead atoms. The number of amides is 1. The van der Waals surface area contributed by atoms with Crippen molar-refractivity contribution in [2.75, 3.05) is 17.3 Å². The Kier molecular flexibility index (Phi) is 4.42. The van der Waals surface area contributed by atoms with Gasteiger partial charge in [-0.15, -0.1) is 0 Å². The third kappa shape index (κ3) is 3.07. The molecule has 1 N–H and O–H groups in total. The fourth-order valence-corrected chi connectivity index (χ4v) is 3.33. The lowest BCUT2D eigenvalue weighted by atomic mass is 9.91. The van der Waals surface area contributed by atoms with Crippen molar-refractivity contribution >= 4 is 17.3 Å². The quantitative estimate of drug-likeness (QED) is 0.921. The number of nitrogens with zero attached hydrogens (tertiary/aromatic N) is 1. The number of halogens is 1. The summed E-state index contributed by atoms with van der Waals surface area (Å²) >= 11 is 0. The van der Waals surface area contributed by atoms with E-state index in [0.29, 0.717) is 0 Å². The first-order valence-electron chi connectivity index (χ1n) is 7.99. The summed E-state index contributed by atoms with van der Waals surface area (Å²) in [6.07, 6.45) is 0.761. The van der Waals surface area contributed by atoms with Gasteiger partial charge in [0.05, 0.1) is 13.2 Å². The number of anilines is 2. The molecule has 4 nitrogen and oxygen atoms in total. The molecule has 1 aliphatic rings. The van der Waals surface area contributed by atoms with Gasteiger partial charge < -0.3 is 15.0 Å². The van der Waals surface area contributed by atoms with Gasteiger partial charge in [0.1, 0.15) is 11.6 Å². The van der Waals surface area contributed by atoms with Gasteiger partial charge in [-0.2, -0.15) is 0 Å². The fraction of sp³-hybridized carbons (Fsp3) is 0.316. The predicted octanol–water partition coefficient (Wildman–Crippen LogP) is 4.13.